The fraction of sp³-hybridized carbons (Fsp3) is 0.500. The Kier molecular flexibility index (Phi) is 3.65. The van der Waals surface area contributed by atoms with Crippen LogP contribution in [0.4, 0.5) is 5.69 Å². The fourth-order valence-corrected chi connectivity index (χ4v) is 2.47. The number of hydrogen-bond acceptors (Lipinski definition) is 3. The van der Waals surface area contributed by atoms with Gasteiger partial charge in [-0.1, -0.05) is 12.1 Å². The third-order valence-corrected chi connectivity index (χ3v) is 3.45. The maximum atomic E-state index is 9.19. The van der Waals surface area contributed by atoms with Crippen LogP contribution in [0.5, 0.6) is 0 Å². The Morgan fingerprint density at radius 3 is 2.71 bits per heavy atom. The molecule has 0 bridgehead atoms. The molecule has 0 spiro atoms. The zero-order valence-electron chi connectivity index (χ0n) is 10.4. The third-order valence-electron chi connectivity index (χ3n) is 3.45. The Morgan fingerprint density at radius 1 is 1.35 bits per heavy atom. The largest absolute Gasteiger partial charge is 0.381 e. The monoisotopic (exact) mass is 230 g/mol. The SMILES string of the molecule is Cc1cccc(C#N)c1N(C)C1CCOCC1. The Bertz CT molecular complexity index is 430. The van der Waals surface area contributed by atoms with E-state index in [4.69, 9.17) is 4.74 Å². The minimum absolute atomic E-state index is 0.483. The van der Waals surface area contributed by atoms with Crippen molar-refractivity contribution < 1.29 is 4.74 Å². The molecular formula is C14H18N2O. The summed E-state index contributed by atoms with van der Waals surface area (Å²) >= 11 is 0. The first-order chi connectivity index (χ1) is 8.24. The number of ether oxygens (including phenoxy) is 1. The summed E-state index contributed by atoms with van der Waals surface area (Å²) in [6.45, 7) is 3.71. The molecule has 0 amide bonds. The summed E-state index contributed by atoms with van der Waals surface area (Å²) in [5, 5.41) is 9.19. The summed E-state index contributed by atoms with van der Waals surface area (Å²) in [7, 11) is 2.08. The predicted octanol–water partition coefficient (Wildman–Crippen LogP) is 2.48. The zero-order valence-corrected chi connectivity index (χ0v) is 10.4. The summed E-state index contributed by atoms with van der Waals surface area (Å²) in [6.07, 6.45) is 2.07. The predicted molar refractivity (Wildman–Crippen MR) is 68.1 cm³/mol. The minimum atomic E-state index is 0.483. The van der Waals surface area contributed by atoms with Gasteiger partial charge in [0.25, 0.3) is 0 Å². The van der Waals surface area contributed by atoms with Gasteiger partial charge in [0.15, 0.2) is 0 Å². The lowest BCUT2D eigenvalue weighted by Crippen LogP contribution is -2.37. The maximum absolute atomic E-state index is 9.19. The molecule has 90 valence electrons. The molecule has 0 unspecified atom stereocenters. The van der Waals surface area contributed by atoms with Gasteiger partial charge in [-0.05, 0) is 31.4 Å². The Hall–Kier alpha value is -1.53. The first-order valence-electron chi connectivity index (χ1n) is 6.04. The topological polar surface area (TPSA) is 36.3 Å². The van der Waals surface area contributed by atoms with E-state index in [9.17, 15) is 5.26 Å². The summed E-state index contributed by atoms with van der Waals surface area (Å²) in [6, 6.07) is 8.66. The molecule has 0 aromatic heterocycles. The van der Waals surface area contributed by atoms with Gasteiger partial charge in [0.05, 0.1) is 11.3 Å². The molecule has 17 heavy (non-hydrogen) atoms. The van der Waals surface area contributed by atoms with Crippen molar-refractivity contribution in [2.24, 2.45) is 0 Å². The van der Waals surface area contributed by atoms with E-state index in [1.807, 2.05) is 12.1 Å². The molecule has 2 rings (SSSR count). The van der Waals surface area contributed by atoms with Gasteiger partial charge >= 0.3 is 0 Å². The van der Waals surface area contributed by atoms with Gasteiger partial charge in [-0.2, -0.15) is 5.26 Å². The van der Waals surface area contributed by atoms with Crippen LogP contribution in [-0.4, -0.2) is 26.3 Å². The molecule has 1 aromatic rings. The number of hydrogen-bond donors (Lipinski definition) is 0. The molecule has 0 saturated carbocycles. The highest BCUT2D eigenvalue weighted by atomic mass is 16.5. The molecule has 1 saturated heterocycles. The van der Waals surface area contributed by atoms with Crippen molar-refractivity contribution in [2.45, 2.75) is 25.8 Å². The van der Waals surface area contributed by atoms with E-state index < -0.39 is 0 Å². The second kappa shape index (κ2) is 5.20. The van der Waals surface area contributed by atoms with Crippen LogP contribution >= 0.6 is 0 Å². The molecular weight excluding hydrogens is 212 g/mol. The number of nitrogens with zero attached hydrogens (tertiary/aromatic N) is 2. The molecule has 1 aliphatic heterocycles. The lowest BCUT2D eigenvalue weighted by molar-refractivity contribution is 0.0854. The fourth-order valence-electron chi connectivity index (χ4n) is 2.47. The molecule has 0 aliphatic carbocycles. The zero-order chi connectivity index (χ0) is 12.3. The van der Waals surface area contributed by atoms with Crippen molar-refractivity contribution in [1.29, 1.82) is 5.26 Å². The van der Waals surface area contributed by atoms with Crippen molar-refractivity contribution in [3.63, 3.8) is 0 Å². The van der Waals surface area contributed by atoms with E-state index in [2.05, 4.69) is 31.0 Å². The first kappa shape index (κ1) is 11.9. The van der Waals surface area contributed by atoms with Crippen LogP contribution < -0.4 is 4.90 Å². The summed E-state index contributed by atoms with van der Waals surface area (Å²) in [4.78, 5) is 2.25. The molecule has 1 aliphatic rings. The van der Waals surface area contributed by atoms with Crippen LogP contribution in [0.15, 0.2) is 18.2 Å². The van der Waals surface area contributed by atoms with E-state index in [0.717, 1.165) is 42.9 Å². The molecule has 0 N–H and O–H groups in total. The van der Waals surface area contributed by atoms with Gasteiger partial charge in [0.2, 0.25) is 0 Å². The standard InChI is InChI=1S/C14H18N2O/c1-11-4-3-5-12(10-15)14(11)16(2)13-6-8-17-9-7-13/h3-5,13H,6-9H2,1-2H3. The van der Waals surface area contributed by atoms with Crippen molar-refractivity contribution >= 4 is 5.69 Å². The van der Waals surface area contributed by atoms with Crippen molar-refractivity contribution in [3.05, 3.63) is 29.3 Å². The average Bonchev–Trinajstić information content (AvgIpc) is 2.38. The summed E-state index contributed by atoms with van der Waals surface area (Å²) < 4.78 is 5.38. The number of para-hydroxylation sites is 1. The number of nitriles is 1. The van der Waals surface area contributed by atoms with Crippen LogP contribution in [-0.2, 0) is 4.74 Å². The maximum Gasteiger partial charge on any atom is 0.101 e. The van der Waals surface area contributed by atoms with Crippen LogP contribution in [0.1, 0.15) is 24.0 Å². The lowest BCUT2D eigenvalue weighted by Gasteiger charge is -2.34. The van der Waals surface area contributed by atoms with Gasteiger partial charge in [-0.3, -0.25) is 0 Å². The highest BCUT2D eigenvalue weighted by molar-refractivity contribution is 5.64. The van der Waals surface area contributed by atoms with Crippen LogP contribution in [0.3, 0.4) is 0 Å². The molecule has 1 heterocycles. The molecule has 0 radical (unpaired) electrons. The lowest BCUT2D eigenvalue weighted by atomic mass is 10.0. The first-order valence-corrected chi connectivity index (χ1v) is 6.04. The van der Waals surface area contributed by atoms with Crippen LogP contribution in [0, 0.1) is 18.3 Å². The van der Waals surface area contributed by atoms with E-state index >= 15 is 0 Å². The van der Waals surface area contributed by atoms with Gasteiger partial charge in [0, 0.05) is 26.3 Å². The molecule has 3 heteroatoms. The molecule has 1 fully saturated rings. The van der Waals surface area contributed by atoms with Crippen molar-refractivity contribution in [2.75, 3.05) is 25.2 Å². The third kappa shape index (κ3) is 2.42. The van der Waals surface area contributed by atoms with Crippen LogP contribution in [0.2, 0.25) is 0 Å². The van der Waals surface area contributed by atoms with Gasteiger partial charge in [-0.15, -0.1) is 0 Å². The van der Waals surface area contributed by atoms with Gasteiger partial charge < -0.3 is 9.64 Å². The smallest absolute Gasteiger partial charge is 0.101 e. The number of benzene rings is 1. The van der Waals surface area contributed by atoms with E-state index in [-0.39, 0.29) is 0 Å². The highest BCUT2D eigenvalue weighted by Gasteiger charge is 2.21. The molecule has 0 atom stereocenters. The van der Waals surface area contributed by atoms with Crippen LogP contribution in [0.25, 0.3) is 0 Å². The van der Waals surface area contributed by atoms with E-state index in [1.54, 1.807) is 0 Å². The Balaban J connectivity index is 2.29. The second-order valence-corrected chi connectivity index (χ2v) is 4.54. The van der Waals surface area contributed by atoms with Crippen molar-refractivity contribution in [3.8, 4) is 6.07 Å². The van der Waals surface area contributed by atoms with E-state index in [0.29, 0.717) is 6.04 Å². The Labute approximate surface area is 103 Å². The normalized spacial score (nSPS) is 16.5. The molecule has 3 nitrogen and oxygen atoms in total. The number of aryl methyl sites for hydroxylation is 1. The van der Waals surface area contributed by atoms with Gasteiger partial charge in [0.1, 0.15) is 6.07 Å². The number of anilines is 1. The number of rotatable bonds is 2. The summed E-state index contributed by atoms with van der Waals surface area (Å²) in [5.74, 6) is 0. The highest BCUT2D eigenvalue weighted by Crippen LogP contribution is 2.27. The van der Waals surface area contributed by atoms with Crippen molar-refractivity contribution in [1.82, 2.24) is 0 Å². The Morgan fingerprint density at radius 2 is 2.06 bits per heavy atom. The molecule has 1 aromatic carbocycles. The quantitative estimate of drug-likeness (QED) is 0.783. The van der Waals surface area contributed by atoms with Gasteiger partial charge in [-0.25, -0.2) is 0 Å². The summed E-state index contributed by atoms with van der Waals surface area (Å²) in [5.41, 5.74) is 3.00. The van der Waals surface area contributed by atoms with E-state index in [1.165, 1.54) is 0 Å². The minimum Gasteiger partial charge on any atom is -0.381 e. The second-order valence-electron chi connectivity index (χ2n) is 4.54. The average molecular weight is 230 g/mol.